The van der Waals surface area contributed by atoms with Gasteiger partial charge in [-0.1, -0.05) is 13.0 Å². The van der Waals surface area contributed by atoms with Gasteiger partial charge in [-0.05, 0) is 50.6 Å². The van der Waals surface area contributed by atoms with E-state index in [2.05, 4.69) is 31.9 Å². The Morgan fingerprint density at radius 1 is 1.75 bits per heavy atom. The third-order valence-corrected chi connectivity index (χ3v) is 3.05. The molecular formula is C8H10Br2O2. The van der Waals surface area contributed by atoms with Crippen LogP contribution in [0.2, 0.25) is 0 Å². The van der Waals surface area contributed by atoms with E-state index in [4.69, 9.17) is 5.11 Å². The van der Waals surface area contributed by atoms with E-state index < -0.39 is 11.4 Å². The summed E-state index contributed by atoms with van der Waals surface area (Å²) in [5.74, 6) is -0.485. The molecule has 12 heavy (non-hydrogen) atoms. The summed E-state index contributed by atoms with van der Waals surface area (Å²) in [6.45, 7) is 1.92. The number of hydrogen-bond acceptors (Lipinski definition) is 1. The van der Waals surface area contributed by atoms with Crippen LogP contribution in [-0.4, -0.2) is 11.1 Å². The number of carbonyl (C=O) groups is 1. The monoisotopic (exact) mass is 296 g/mol. The van der Waals surface area contributed by atoms with Crippen LogP contribution in [0.5, 0.6) is 0 Å². The minimum Gasteiger partial charge on any atom is -0.481 e. The van der Waals surface area contributed by atoms with E-state index in [0.29, 0.717) is 6.42 Å². The normalized spacial score (nSPS) is 32.8. The van der Waals surface area contributed by atoms with Crippen molar-refractivity contribution >= 4 is 37.8 Å². The fourth-order valence-electron chi connectivity index (χ4n) is 1.51. The van der Waals surface area contributed by atoms with Crippen molar-refractivity contribution in [2.75, 3.05) is 0 Å². The highest BCUT2D eigenvalue weighted by Gasteiger charge is 2.57. The van der Waals surface area contributed by atoms with Gasteiger partial charge in [0.05, 0.1) is 8.81 Å². The molecule has 0 aliphatic heterocycles. The van der Waals surface area contributed by atoms with Crippen molar-refractivity contribution < 1.29 is 9.90 Å². The molecular weight excluding hydrogens is 288 g/mol. The highest BCUT2D eigenvalue weighted by atomic mass is 79.9. The zero-order valence-electron chi connectivity index (χ0n) is 6.68. The van der Waals surface area contributed by atoms with Gasteiger partial charge in [0.1, 0.15) is 0 Å². The third-order valence-electron chi connectivity index (χ3n) is 2.52. The third kappa shape index (κ3) is 1.74. The Labute approximate surface area is 88.3 Å². The van der Waals surface area contributed by atoms with Crippen LogP contribution in [0.15, 0.2) is 9.47 Å². The molecule has 1 aliphatic carbocycles. The smallest absolute Gasteiger partial charge is 0.310 e. The first-order valence-electron chi connectivity index (χ1n) is 3.79. The van der Waals surface area contributed by atoms with Crippen molar-refractivity contribution in [1.82, 2.24) is 0 Å². The average molecular weight is 298 g/mol. The Morgan fingerprint density at radius 3 is 2.58 bits per heavy atom. The van der Waals surface area contributed by atoms with Crippen molar-refractivity contribution in [3.05, 3.63) is 9.47 Å². The van der Waals surface area contributed by atoms with E-state index in [0.717, 1.165) is 9.81 Å². The van der Waals surface area contributed by atoms with Crippen LogP contribution in [-0.2, 0) is 4.79 Å². The summed E-state index contributed by atoms with van der Waals surface area (Å²) < 4.78 is 0.844. The fraction of sp³-hybridized carbons (Fsp3) is 0.625. The molecule has 2 unspecified atom stereocenters. The van der Waals surface area contributed by atoms with Crippen LogP contribution in [0.3, 0.4) is 0 Å². The van der Waals surface area contributed by atoms with E-state index in [1.807, 2.05) is 13.0 Å². The molecule has 0 spiro atoms. The fourth-order valence-corrected chi connectivity index (χ4v) is 2.15. The summed E-state index contributed by atoms with van der Waals surface area (Å²) >= 11 is 6.46. The maximum Gasteiger partial charge on any atom is 0.310 e. The van der Waals surface area contributed by atoms with Gasteiger partial charge in [0.2, 0.25) is 0 Å². The largest absolute Gasteiger partial charge is 0.481 e. The van der Waals surface area contributed by atoms with Gasteiger partial charge in [0.15, 0.2) is 0 Å². The summed E-state index contributed by atoms with van der Waals surface area (Å²) in [6.07, 6.45) is 3.38. The molecule has 0 radical (unpaired) electrons. The summed E-state index contributed by atoms with van der Waals surface area (Å²) in [5.41, 5.74) is -0.479. The van der Waals surface area contributed by atoms with Crippen LogP contribution in [0.4, 0.5) is 0 Å². The number of rotatable bonds is 3. The van der Waals surface area contributed by atoms with E-state index in [1.54, 1.807) is 0 Å². The molecule has 68 valence electrons. The van der Waals surface area contributed by atoms with Crippen LogP contribution < -0.4 is 0 Å². The van der Waals surface area contributed by atoms with Gasteiger partial charge in [-0.2, -0.15) is 0 Å². The lowest BCUT2D eigenvalue weighted by Crippen LogP contribution is -2.15. The Morgan fingerprint density at radius 2 is 2.33 bits per heavy atom. The maximum atomic E-state index is 10.8. The molecule has 1 aliphatic rings. The number of halogens is 2. The molecule has 0 saturated heterocycles. The first kappa shape index (κ1) is 10.3. The summed E-state index contributed by atoms with van der Waals surface area (Å²) in [6, 6.07) is 0. The Hall–Kier alpha value is 0.170. The molecule has 4 heteroatoms. The molecule has 1 rings (SSSR count). The highest BCUT2D eigenvalue weighted by Crippen LogP contribution is 2.57. The lowest BCUT2D eigenvalue weighted by atomic mass is 10.0. The van der Waals surface area contributed by atoms with Crippen molar-refractivity contribution in [1.29, 1.82) is 0 Å². The molecule has 0 aromatic carbocycles. The lowest BCUT2D eigenvalue weighted by molar-refractivity contribution is -0.143. The van der Waals surface area contributed by atoms with Crippen molar-refractivity contribution in [2.24, 2.45) is 11.3 Å². The minimum absolute atomic E-state index is 0.189. The van der Waals surface area contributed by atoms with Gasteiger partial charge in [0, 0.05) is 0 Å². The highest BCUT2D eigenvalue weighted by molar-refractivity contribution is 9.28. The predicted molar refractivity (Wildman–Crippen MR) is 54.4 cm³/mol. The summed E-state index contributed by atoms with van der Waals surface area (Å²) in [4.78, 5) is 10.8. The predicted octanol–water partition coefficient (Wildman–Crippen LogP) is 3.12. The summed E-state index contributed by atoms with van der Waals surface area (Å²) in [5, 5.41) is 8.93. The maximum absolute atomic E-state index is 10.8. The Balaban J connectivity index is 2.68. The molecule has 0 bridgehead atoms. The van der Waals surface area contributed by atoms with Gasteiger partial charge in [0.25, 0.3) is 0 Å². The zero-order valence-corrected chi connectivity index (χ0v) is 9.85. The van der Waals surface area contributed by atoms with Crippen LogP contribution >= 0.6 is 31.9 Å². The second-order valence-corrected chi connectivity index (χ2v) is 5.85. The van der Waals surface area contributed by atoms with E-state index in [-0.39, 0.29) is 5.92 Å². The average Bonchev–Trinajstić information content (AvgIpc) is 2.62. The SMILES string of the molecule is CCC1(C(=O)O)CC1C=C(Br)Br. The molecule has 0 aromatic rings. The van der Waals surface area contributed by atoms with Gasteiger partial charge < -0.3 is 5.11 Å². The number of hydrogen-bond donors (Lipinski definition) is 1. The number of carboxylic acids is 1. The quantitative estimate of drug-likeness (QED) is 0.869. The molecule has 2 atom stereocenters. The molecule has 2 nitrogen and oxygen atoms in total. The summed E-state index contributed by atoms with van der Waals surface area (Å²) in [7, 11) is 0. The van der Waals surface area contributed by atoms with Gasteiger partial charge >= 0.3 is 5.97 Å². The van der Waals surface area contributed by atoms with Crippen LogP contribution in [0.1, 0.15) is 19.8 Å². The second kappa shape index (κ2) is 3.50. The van der Waals surface area contributed by atoms with Gasteiger partial charge in [-0.15, -0.1) is 0 Å². The molecule has 1 fully saturated rings. The van der Waals surface area contributed by atoms with Crippen molar-refractivity contribution in [3.63, 3.8) is 0 Å². The molecule has 1 N–H and O–H groups in total. The van der Waals surface area contributed by atoms with Gasteiger partial charge in [-0.25, -0.2) is 0 Å². The second-order valence-electron chi connectivity index (χ2n) is 3.08. The van der Waals surface area contributed by atoms with Crippen LogP contribution in [0, 0.1) is 11.3 Å². The number of carboxylic acid groups (broad SMARTS) is 1. The topological polar surface area (TPSA) is 37.3 Å². The molecule has 0 heterocycles. The Kier molecular flexibility index (Phi) is 2.99. The minimum atomic E-state index is -0.674. The standard InChI is InChI=1S/C8H10Br2O2/c1-2-8(7(11)12)4-5(8)3-6(9)10/h3,5H,2,4H2,1H3,(H,11,12). The lowest BCUT2D eigenvalue weighted by Gasteiger charge is -2.05. The van der Waals surface area contributed by atoms with Crippen molar-refractivity contribution in [3.8, 4) is 0 Å². The number of aliphatic carboxylic acids is 1. The van der Waals surface area contributed by atoms with Crippen LogP contribution in [0.25, 0.3) is 0 Å². The number of allylic oxidation sites excluding steroid dienone is 1. The Bertz CT molecular complexity index is 233. The molecule has 0 aromatic heterocycles. The van der Waals surface area contributed by atoms with E-state index in [1.165, 1.54) is 0 Å². The van der Waals surface area contributed by atoms with Crippen molar-refractivity contribution in [2.45, 2.75) is 19.8 Å². The van der Waals surface area contributed by atoms with E-state index in [9.17, 15) is 4.79 Å². The van der Waals surface area contributed by atoms with E-state index >= 15 is 0 Å². The first-order valence-corrected chi connectivity index (χ1v) is 5.37. The van der Waals surface area contributed by atoms with Gasteiger partial charge in [-0.3, -0.25) is 4.79 Å². The zero-order chi connectivity index (χ0) is 9.35. The molecule has 1 saturated carbocycles. The first-order chi connectivity index (χ1) is 5.53. The molecule has 0 amide bonds.